The van der Waals surface area contributed by atoms with Crippen LogP contribution in [0.15, 0.2) is 48.8 Å². The van der Waals surface area contributed by atoms with Crippen molar-refractivity contribution in [3.8, 4) is 0 Å². The summed E-state index contributed by atoms with van der Waals surface area (Å²) in [5.74, 6) is -1.50. The number of hydrogen-bond donors (Lipinski definition) is 0. The molecule has 0 amide bonds. The summed E-state index contributed by atoms with van der Waals surface area (Å²) in [5.41, 5.74) is 2.43. The predicted molar refractivity (Wildman–Crippen MR) is 92.1 cm³/mol. The highest BCUT2D eigenvalue weighted by molar-refractivity contribution is 5.39. The number of nitrogens with zero attached hydrogens (tertiary/aromatic N) is 4. The number of rotatable bonds is 4. The third kappa shape index (κ3) is 3.55. The Morgan fingerprint density at radius 3 is 2.40 bits per heavy atom. The second-order valence-corrected chi connectivity index (χ2v) is 6.46. The maximum atomic E-state index is 13.8. The van der Waals surface area contributed by atoms with Gasteiger partial charge in [-0.2, -0.15) is 0 Å². The van der Waals surface area contributed by atoms with E-state index in [-0.39, 0.29) is 0 Å². The minimum atomic E-state index is -0.775. The number of halogens is 2. The fourth-order valence-corrected chi connectivity index (χ4v) is 3.31. The van der Waals surface area contributed by atoms with Crippen LogP contribution in [0.2, 0.25) is 0 Å². The van der Waals surface area contributed by atoms with Crippen LogP contribution in [-0.2, 0) is 13.1 Å². The molecule has 0 radical (unpaired) electrons. The van der Waals surface area contributed by atoms with Crippen molar-refractivity contribution in [3.05, 3.63) is 71.7 Å². The molecule has 4 nitrogen and oxygen atoms in total. The average Bonchev–Trinajstić information content (AvgIpc) is 3.03. The van der Waals surface area contributed by atoms with E-state index in [0.717, 1.165) is 50.1 Å². The maximum Gasteiger partial charge on any atom is 0.163 e. The van der Waals surface area contributed by atoms with Gasteiger partial charge in [-0.05, 0) is 18.2 Å². The number of hydrogen-bond acceptors (Lipinski definition) is 3. The van der Waals surface area contributed by atoms with Gasteiger partial charge < -0.3 is 4.40 Å². The fraction of sp³-hybridized carbons (Fsp3) is 0.316. The maximum absolute atomic E-state index is 13.8. The zero-order chi connectivity index (χ0) is 17.2. The molecule has 130 valence electrons. The number of aromatic nitrogens is 2. The Morgan fingerprint density at radius 1 is 0.880 bits per heavy atom. The summed E-state index contributed by atoms with van der Waals surface area (Å²) in [5, 5.41) is 0. The molecular weight excluding hydrogens is 322 g/mol. The molecule has 0 bridgehead atoms. The quantitative estimate of drug-likeness (QED) is 0.728. The molecule has 1 aliphatic rings. The Hall–Kier alpha value is -2.31. The van der Waals surface area contributed by atoms with Gasteiger partial charge in [-0.15, -0.1) is 0 Å². The SMILES string of the molecule is Fc1cccc(CN2CCN(Cc3cn4ccccc4n3)CC2)c1F. The van der Waals surface area contributed by atoms with E-state index in [9.17, 15) is 8.78 Å². The molecule has 25 heavy (non-hydrogen) atoms. The molecule has 2 aromatic heterocycles. The third-order valence-corrected chi connectivity index (χ3v) is 4.69. The van der Waals surface area contributed by atoms with Crippen molar-refractivity contribution >= 4 is 5.65 Å². The zero-order valence-electron chi connectivity index (χ0n) is 13.9. The Labute approximate surface area is 145 Å². The van der Waals surface area contributed by atoms with Crippen LogP contribution >= 0.6 is 0 Å². The Morgan fingerprint density at radius 2 is 1.64 bits per heavy atom. The van der Waals surface area contributed by atoms with E-state index < -0.39 is 11.6 Å². The second kappa shape index (κ2) is 6.90. The third-order valence-electron chi connectivity index (χ3n) is 4.69. The smallest absolute Gasteiger partial charge is 0.163 e. The molecule has 0 saturated carbocycles. The fourth-order valence-electron chi connectivity index (χ4n) is 3.31. The lowest BCUT2D eigenvalue weighted by Gasteiger charge is -2.34. The van der Waals surface area contributed by atoms with Crippen molar-refractivity contribution in [2.24, 2.45) is 0 Å². The van der Waals surface area contributed by atoms with Gasteiger partial charge in [0.25, 0.3) is 0 Å². The van der Waals surface area contributed by atoms with E-state index in [0.29, 0.717) is 12.1 Å². The first-order valence-corrected chi connectivity index (χ1v) is 8.49. The Balaban J connectivity index is 1.34. The largest absolute Gasteiger partial charge is 0.307 e. The molecule has 3 heterocycles. The van der Waals surface area contributed by atoms with Gasteiger partial charge in [-0.1, -0.05) is 18.2 Å². The van der Waals surface area contributed by atoms with Crippen LogP contribution in [0.3, 0.4) is 0 Å². The van der Waals surface area contributed by atoms with E-state index in [4.69, 9.17) is 0 Å². The monoisotopic (exact) mass is 342 g/mol. The van der Waals surface area contributed by atoms with Gasteiger partial charge >= 0.3 is 0 Å². The highest BCUT2D eigenvalue weighted by Gasteiger charge is 2.19. The van der Waals surface area contributed by atoms with Crippen molar-refractivity contribution in [1.29, 1.82) is 0 Å². The van der Waals surface area contributed by atoms with Gasteiger partial charge in [0.15, 0.2) is 11.6 Å². The highest BCUT2D eigenvalue weighted by atomic mass is 19.2. The number of benzene rings is 1. The minimum Gasteiger partial charge on any atom is -0.307 e. The van der Waals surface area contributed by atoms with Gasteiger partial charge in [-0.25, -0.2) is 13.8 Å². The predicted octanol–water partition coefficient (Wildman–Crippen LogP) is 2.93. The molecule has 0 atom stereocenters. The van der Waals surface area contributed by atoms with E-state index in [2.05, 4.69) is 21.0 Å². The van der Waals surface area contributed by atoms with Crippen molar-refractivity contribution in [2.45, 2.75) is 13.1 Å². The number of imidazole rings is 1. The first kappa shape index (κ1) is 16.2. The van der Waals surface area contributed by atoms with E-state index in [1.807, 2.05) is 28.8 Å². The van der Waals surface area contributed by atoms with E-state index >= 15 is 0 Å². The molecular formula is C19H20F2N4. The molecule has 6 heteroatoms. The van der Waals surface area contributed by atoms with Crippen LogP contribution in [0.1, 0.15) is 11.3 Å². The summed E-state index contributed by atoms with van der Waals surface area (Å²) < 4.78 is 29.1. The van der Waals surface area contributed by atoms with Crippen molar-refractivity contribution in [3.63, 3.8) is 0 Å². The molecule has 1 fully saturated rings. The molecule has 0 unspecified atom stereocenters. The lowest BCUT2D eigenvalue weighted by Crippen LogP contribution is -2.45. The lowest BCUT2D eigenvalue weighted by atomic mass is 10.1. The average molecular weight is 342 g/mol. The molecule has 1 aromatic carbocycles. The summed E-state index contributed by atoms with van der Waals surface area (Å²) in [7, 11) is 0. The molecule has 3 aromatic rings. The zero-order valence-corrected chi connectivity index (χ0v) is 13.9. The summed E-state index contributed by atoms with van der Waals surface area (Å²) in [6, 6.07) is 10.3. The van der Waals surface area contributed by atoms with E-state index in [1.165, 1.54) is 0 Å². The number of piperazine rings is 1. The first-order valence-electron chi connectivity index (χ1n) is 8.49. The topological polar surface area (TPSA) is 23.8 Å². The normalized spacial score (nSPS) is 16.6. The molecule has 4 rings (SSSR count). The van der Waals surface area contributed by atoms with Crippen molar-refractivity contribution in [2.75, 3.05) is 26.2 Å². The van der Waals surface area contributed by atoms with Crippen molar-refractivity contribution < 1.29 is 8.78 Å². The first-order chi connectivity index (χ1) is 12.2. The Kier molecular flexibility index (Phi) is 4.46. The summed E-state index contributed by atoms with van der Waals surface area (Å²) in [6.45, 7) is 4.72. The standard InChI is InChI=1S/C19H20F2N4/c20-17-5-3-4-15(19(17)21)12-23-8-10-24(11-9-23)13-16-14-25-7-2-1-6-18(25)22-16/h1-7,14H,8-13H2. The van der Waals surface area contributed by atoms with Gasteiger partial charge in [0.05, 0.1) is 5.69 Å². The van der Waals surface area contributed by atoms with Crippen LogP contribution < -0.4 is 0 Å². The van der Waals surface area contributed by atoms with E-state index in [1.54, 1.807) is 12.1 Å². The molecule has 1 saturated heterocycles. The molecule has 0 N–H and O–H groups in total. The molecule has 0 aliphatic carbocycles. The Bertz CT molecular complexity index is 836. The second-order valence-electron chi connectivity index (χ2n) is 6.46. The van der Waals surface area contributed by atoms with Crippen LogP contribution in [0, 0.1) is 11.6 Å². The summed E-state index contributed by atoms with van der Waals surface area (Å²) in [6.07, 6.45) is 4.06. The van der Waals surface area contributed by atoms with Crippen LogP contribution in [0.4, 0.5) is 8.78 Å². The lowest BCUT2D eigenvalue weighted by molar-refractivity contribution is 0.120. The number of fused-ring (bicyclic) bond motifs is 1. The summed E-state index contributed by atoms with van der Waals surface area (Å²) >= 11 is 0. The van der Waals surface area contributed by atoms with Gasteiger partial charge in [0.2, 0.25) is 0 Å². The van der Waals surface area contributed by atoms with Gasteiger partial charge in [-0.3, -0.25) is 9.80 Å². The highest BCUT2D eigenvalue weighted by Crippen LogP contribution is 2.16. The summed E-state index contributed by atoms with van der Waals surface area (Å²) in [4.78, 5) is 9.14. The van der Waals surface area contributed by atoms with Gasteiger partial charge in [0, 0.05) is 57.2 Å². The van der Waals surface area contributed by atoms with Crippen LogP contribution in [-0.4, -0.2) is 45.4 Å². The van der Waals surface area contributed by atoms with Crippen LogP contribution in [0.5, 0.6) is 0 Å². The van der Waals surface area contributed by atoms with Gasteiger partial charge in [0.1, 0.15) is 5.65 Å². The molecule has 0 spiro atoms. The minimum absolute atomic E-state index is 0.425. The number of pyridine rings is 1. The molecule has 1 aliphatic heterocycles. The van der Waals surface area contributed by atoms with Crippen LogP contribution in [0.25, 0.3) is 5.65 Å². The van der Waals surface area contributed by atoms with Crippen molar-refractivity contribution in [1.82, 2.24) is 19.2 Å².